The predicted octanol–water partition coefficient (Wildman–Crippen LogP) is 2.33. The third-order valence-corrected chi connectivity index (χ3v) is 4.89. The van der Waals surface area contributed by atoms with Crippen LogP contribution in [0.25, 0.3) is 0 Å². The van der Waals surface area contributed by atoms with E-state index in [9.17, 15) is 9.59 Å². The molecule has 2 fully saturated rings. The summed E-state index contributed by atoms with van der Waals surface area (Å²) in [7, 11) is 0. The van der Waals surface area contributed by atoms with Gasteiger partial charge in [-0.15, -0.1) is 0 Å². The van der Waals surface area contributed by atoms with E-state index in [4.69, 9.17) is 0 Å². The van der Waals surface area contributed by atoms with E-state index in [0.717, 1.165) is 25.7 Å². The van der Waals surface area contributed by atoms with Crippen molar-refractivity contribution in [2.75, 3.05) is 0 Å². The Morgan fingerprint density at radius 2 is 1.75 bits per heavy atom. The smallest absolute Gasteiger partial charge is 0.245 e. The van der Waals surface area contributed by atoms with Crippen LogP contribution < -0.4 is 5.32 Å². The second-order valence-electron chi connectivity index (χ2n) is 7.56. The molecule has 0 spiro atoms. The molecule has 1 N–H and O–H groups in total. The van der Waals surface area contributed by atoms with E-state index in [0.29, 0.717) is 5.41 Å². The van der Waals surface area contributed by atoms with Crippen LogP contribution in [-0.4, -0.2) is 34.8 Å². The van der Waals surface area contributed by atoms with Crippen LogP contribution in [0.15, 0.2) is 0 Å². The number of carbonyl (C=O) groups is 2. The Morgan fingerprint density at radius 1 is 1.20 bits per heavy atom. The van der Waals surface area contributed by atoms with Crippen LogP contribution in [0.2, 0.25) is 0 Å². The van der Waals surface area contributed by atoms with Crippen molar-refractivity contribution in [1.29, 1.82) is 0 Å². The minimum atomic E-state index is -0.382. The normalized spacial score (nSPS) is 31.6. The van der Waals surface area contributed by atoms with Crippen molar-refractivity contribution in [2.45, 2.75) is 78.4 Å². The molecule has 2 amide bonds. The molecule has 4 nitrogen and oxygen atoms in total. The largest absolute Gasteiger partial charge is 0.343 e. The van der Waals surface area contributed by atoms with Crippen LogP contribution in [0.4, 0.5) is 0 Å². The molecule has 1 heterocycles. The van der Waals surface area contributed by atoms with Gasteiger partial charge in [-0.1, -0.05) is 27.7 Å². The molecule has 114 valence electrons. The minimum Gasteiger partial charge on any atom is -0.343 e. The first kappa shape index (κ1) is 15.3. The zero-order valence-corrected chi connectivity index (χ0v) is 13.4. The zero-order valence-electron chi connectivity index (χ0n) is 13.4. The Morgan fingerprint density at radius 3 is 2.25 bits per heavy atom. The van der Waals surface area contributed by atoms with Crippen LogP contribution >= 0.6 is 0 Å². The maximum Gasteiger partial charge on any atom is 0.245 e. The number of hydrogen-bond donors (Lipinski definition) is 1. The van der Waals surface area contributed by atoms with Crippen molar-refractivity contribution in [3.63, 3.8) is 0 Å². The molecule has 2 unspecified atom stereocenters. The van der Waals surface area contributed by atoms with Gasteiger partial charge in [0.25, 0.3) is 0 Å². The van der Waals surface area contributed by atoms with Crippen LogP contribution in [0.3, 0.4) is 0 Å². The predicted molar refractivity (Wildman–Crippen MR) is 79.1 cm³/mol. The fraction of sp³-hybridized carbons (Fsp3) is 0.875. The molecule has 0 aromatic heterocycles. The van der Waals surface area contributed by atoms with Gasteiger partial charge >= 0.3 is 0 Å². The molecule has 1 saturated heterocycles. The van der Waals surface area contributed by atoms with Gasteiger partial charge in [-0.3, -0.25) is 9.59 Å². The van der Waals surface area contributed by atoms with Crippen molar-refractivity contribution in [1.82, 2.24) is 10.2 Å². The Labute approximate surface area is 122 Å². The molecule has 0 aromatic carbocycles. The van der Waals surface area contributed by atoms with E-state index in [-0.39, 0.29) is 35.9 Å². The van der Waals surface area contributed by atoms with Crippen molar-refractivity contribution in [3.05, 3.63) is 0 Å². The van der Waals surface area contributed by atoms with E-state index in [2.05, 4.69) is 19.2 Å². The van der Waals surface area contributed by atoms with Gasteiger partial charge in [0, 0.05) is 6.04 Å². The number of carbonyl (C=O) groups excluding carboxylic acids is 2. The van der Waals surface area contributed by atoms with E-state index < -0.39 is 0 Å². The Balaban J connectivity index is 2.20. The van der Waals surface area contributed by atoms with Gasteiger partial charge in [0.2, 0.25) is 11.8 Å². The summed E-state index contributed by atoms with van der Waals surface area (Å²) in [5, 5.41) is 2.82. The molecule has 1 aliphatic heterocycles. The summed E-state index contributed by atoms with van der Waals surface area (Å²) in [6.07, 6.45) is 4.29. The standard InChI is InChI=1S/C16H28N2O2/c1-10(2)13-14(19)17-11(3)15(20)18(13)12-6-8-16(4,5)9-7-12/h10-13H,6-9H2,1-5H3,(H,17,19). The molecule has 0 aromatic rings. The first-order valence-corrected chi connectivity index (χ1v) is 7.85. The van der Waals surface area contributed by atoms with Gasteiger partial charge < -0.3 is 10.2 Å². The van der Waals surface area contributed by atoms with Crippen LogP contribution in [0.5, 0.6) is 0 Å². The highest BCUT2D eigenvalue weighted by Crippen LogP contribution is 2.38. The fourth-order valence-corrected chi connectivity index (χ4v) is 3.54. The highest BCUT2D eigenvalue weighted by molar-refractivity contribution is 5.97. The fourth-order valence-electron chi connectivity index (χ4n) is 3.54. The molecular weight excluding hydrogens is 252 g/mol. The van der Waals surface area contributed by atoms with Crippen molar-refractivity contribution >= 4 is 11.8 Å². The number of nitrogens with zero attached hydrogens (tertiary/aromatic N) is 1. The van der Waals surface area contributed by atoms with E-state index in [1.54, 1.807) is 6.92 Å². The topological polar surface area (TPSA) is 49.4 Å². The highest BCUT2D eigenvalue weighted by Gasteiger charge is 2.44. The molecule has 20 heavy (non-hydrogen) atoms. The SMILES string of the molecule is CC1NC(=O)C(C(C)C)N(C2CCC(C)(C)CC2)C1=O. The molecule has 4 heteroatoms. The van der Waals surface area contributed by atoms with Crippen LogP contribution in [0.1, 0.15) is 60.3 Å². The second-order valence-corrected chi connectivity index (χ2v) is 7.56. The van der Waals surface area contributed by atoms with Gasteiger partial charge in [-0.2, -0.15) is 0 Å². The van der Waals surface area contributed by atoms with Crippen LogP contribution in [-0.2, 0) is 9.59 Å². The number of rotatable bonds is 2. The van der Waals surface area contributed by atoms with Crippen LogP contribution in [0, 0.1) is 11.3 Å². The second kappa shape index (κ2) is 5.38. The highest BCUT2D eigenvalue weighted by atomic mass is 16.2. The molecular formula is C16H28N2O2. The summed E-state index contributed by atoms with van der Waals surface area (Å²) in [6.45, 7) is 10.4. The number of piperazine rings is 1. The monoisotopic (exact) mass is 280 g/mol. The number of hydrogen-bond acceptors (Lipinski definition) is 2. The molecule has 2 aliphatic rings. The lowest BCUT2D eigenvalue weighted by atomic mass is 9.74. The zero-order chi connectivity index (χ0) is 15.1. The summed E-state index contributed by atoms with van der Waals surface area (Å²) < 4.78 is 0. The third-order valence-electron chi connectivity index (χ3n) is 4.89. The summed E-state index contributed by atoms with van der Waals surface area (Å²) in [5.41, 5.74) is 0.372. The first-order valence-electron chi connectivity index (χ1n) is 7.85. The number of amides is 2. The van der Waals surface area contributed by atoms with Gasteiger partial charge in [0.15, 0.2) is 0 Å². The number of nitrogens with one attached hydrogen (secondary N) is 1. The maximum atomic E-state index is 12.6. The molecule has 0 bridgehead atoms. The summed E-state index contributed by atoms with van der Waals surface area (Å²) >= 11 is 0. The Hall–Kier alpha value is -1.06. The van der Waals surface area contributed by atoms with E-state index in [1.807, 2.05) is 18.7 Å². The van der Waals surface area contributed by atoms with Gasteiger partial charge in [-0.25, -0.2) is 0 Å². The lowest BCUT2D eigenvalue weighted by Gasteiger charge is -2.47. The molecule has 1 aliphatic carbocycles. The Kier molecular flexibility index (Phi) is 4.12. The Bertz CT molecular complexity index is 393. The maximum absolute atomic E-state index is 12.6. The summed E-state index contributed by atoms with van der Waals surface area (Å²) in [5.74, 6) is 0.256. The first-order chi connectivity index (χ1) is 9.23. The lowest BCUT2D eigenvalue weighted by molar-refractivity contribution is -0.155. The minimum absolute atomic E-state index is 0.0110. The molecule has 1 saturated carbocycles. The van der Waals surface area contributed by atoms with Crippen molar-refractivity contribution in [2.24, 2.45) is 11.3 Å². The van der Waals surface area contributed by atoms with E-state index >= 15 is 0 Å². The average molecular weight is 280 g/mol. The van der Waals surface area contributed by atoms with E-state index in [1.165, 1.54) is 0 Å². The third kappa shape index (κ3) is 2.84. The molecule has 0 radical (unpaired) electrons. The quantitative estimate of drug-likeness (QED) is 0.844. The lowest BCUT2D eigenvalue weighted by Crippen LogP contribution is -2.66. The van der Waals surface area contributed by atoms with Crippen molar-refractivity contribution in [3.8, 4) is 0 Å². The summed E-state index contributed by atoms with van der Waals surface area (Å²) in [6, 6.07) is -0.450. The molecule has 2 atom stereocenters. The molecule has 2 rings (SSSR count). The van der Waals surface area contributed by atoms with Gasteiger partial charge in [0.05, 0.1) is 0 Å². The van der Waals surface area contributed by atoms with Gasteiger partial charge in [0.1, 0.15) is 12.1 Å². The average Bonchev–Trinajstić information content (AvgIpc) is 2.33. The van der Waals surface area contributed by atoms with Gasteiger partial charge in [-0.05, 0) is 43.9 Å². The van der Waals surface area contributed by atoms with Crippen molar-refractivity contribution < 1.29 is 9.59 Å². The summed E-state index contributed by atoms with van der Waals surface area (Å²) in [4.78, 5) is 26.7.